The number of halogens is 1. The van der Waals surface area contributed by atoms with Gasteiger partial charge in [-0.15, -0.1) is 0 Å². The van der Waals surface area contributed by atoms with Gasteiger partial charge < -0.3 is 10.8 Å². The van der Waals surface area contributed by atoms with Crippen molar-refractivity contribution in [1.82, 2.24) is 24.6 Å². The van der Waals surface area contributed by atoms with Gasteiger partial charge in [0.1, 0.15) is 5.82 Å². The molecule has 9 heteroatoms. The highest BCUT2D eigenvalue weighted by molar-refractivity contribution is 9.10. The Hall–Kier alpha value is -3.33. The van der Waals surface area contributed by atoms with E-state index in [1.165, 1.54) is 19.3 Å². The molecule has 0 spiro atoms. The third kappa shape index (κ3) is 4.34. The maximum absolute atomic E-state index is 8.36. The summed E-state index contributed by atoms with van der Waals surface area (Å²) in [6.07, 6.45) is 13.3. The van der Waals surface area contributed by atoms with E-state index in [0.717, 1.165) is 51.0 Å². The van der Waals surface area contributed by atoms with Crippen molar-refractivity contribution in [1.29, 1.82) is 0 Å². The highest BCUT2D eigenvalue weighted by Gasteiger charge is 2.24. The van der Waals surface area contributed by atoms with E-state index >= 15 is 0 Å². The van der Waals surface area contributed by atoms with Gasteiger partial charge in [-0.1, -0.05) is 25.3 Å². The second-order valence-electron chi connectivity index (χ2n) is 7.60. The number of carbonyl (C=O) groups is 1. The number of hydrogen-bond donors (Lipinski definition) is 2. The monoisotopic (exact) mass is 494 g/mol. The van der Waals surface area contributed by atoms with Crippen molar-refractivity contribution in [3.8, 4) is 22.4 Å². The van der Waals surface area contributed by atoms with Crippen LogP contribution < -0.4 is 5.73 Å². The van der Waals surface area contributed by atoms with E-state index in [4.69, 9.17) is 20.6 Å². The van der Waals surface area contributed by atoms with Crippen LogP contribution in [0.3, 0.4) is 0 Å². The Balaban J connectivity index is 0.000000775. The number of fused-ring (bicyclic) bond motifs is 1. The lowest BCUT2D eigenvalue weighted by Crippen LogP contribution is -2.11. The van der Waals surface area contributed by atoms with Gasteiger partial charge in [0.15, 0.2) is 5.65 Å². The van der Waals surface area contributed by atoms with Crippen molar-refractivity contribution in [2.24, 2.45) is 0 Å². The van der Waals surface area contributed by atoms with Crippen molar-refractivity contribution in [3.05, 3.63) is 59.2 Å². The molecule has 0 bridgehead atoms. The Morgan fingerprint density at radius 1 is 1.06 bits per heavy atom. The zero-order chi connectivity index (χ0) is 22.5. The average molecular weight is 495 g/mol. The lowest BCUT2D eigenvalue weighted by atomic mass is 9.87. The molecule has 0 saturated heterocycles. The van der Waals surface area contributed by atoms with Crippen molar-refractivity contribution in [2.75, 3.05) is 5.73 Å². The minimum atomic E-state index is -0.250. The van der Waals surface area contributed by atoms with Gasteiger partial charge in [0, 0.05) is 41.2 Å². The van der Waals surface area contributed by atoms with Crippen molar-refractivity contribution >= 4 is 33.9 Å². The number of nitrogens with two attached hydrogens (primary N) is 1. The molecule has 1 fully saturated rings. The largest absolute Gasteiger partial charge is 0.483 e. The second kappa shape index (κ2) is 9.86. The molecule has 8 nitrogen and oxygen atoms in total. The lowest BCUT2D eigenvalue weighted by molar-refractivity contribution is -0.122. The van der Waals surface area contributed by atoms with Gasteiger partial charge in [-0.05, 0) is 47.0 Å². The van der Waals surface area contributed by atoms with E-state index < -0.39 is 0 Å². The molecule has 1 aliphatic rings. The molecule has 3 N–H and O–H groups in total. The number of hydrogen-bond acceptors (Lipinski definition) is 6. The van der Waals surface area contributed by atoms with Crippen LogP contribution in [-0.2, 0) is 4.79 Å². The zero-order valence-corrected chi connectivity index (χ0v) is 18.9. The summed E-state index contributed by atoms with van der Waals surface area (Å²) in [4.78, 5) is 22.1. The predicted molar refractivity (Wildman–Crippen MR) is 126 cm³/mol. The fraction of sp³-hybridized carbons (Fsp3) is 0.261. The fourth-order valence-corrected chi connectivity index (χ4v) is 4.69. The molecule has 0 atom stereocenters. The maximum Gasteiger partial charge on any atom is 0.290 e. The van der Waals surface area contributed by atoms with Gasteiger partial charge >= 0.3 is 0 Å². The molecule has 4 heterocycles. The van der Waals surface area contributed by atoms with Gasteiger partial charge in [-0.2, -0.15) is 9.61 Å². The first-order chi connectivity index (χ1) is 15.6. The summed E-state index contributed by atoms with van der Waals surface area (Å²) < 4.78 is 2.58. The molecule has 0 aromatic carbocycles. The van der Waals surface area contributed by atoms with Crippen LogP contribution in [-0.4, -0.2) is 36.1 Å². The van der Waals surface area contributed by atoms with E-state index in [2.05, 4.69) is 37.1 Å². The van der Waals surface area contributed by atoms with Gasteiger partial charge in [0.25, 0.3) is 6.47 Å². The molecule has 5 rings (SSSR count). The number of nitrogen functional groups attached to an aromatic ring is 1. The van der Waals surface area contributed by atoms with Crippen LogP contribution in [0.4, 0.5) is 5.82 Å². The molecular formula is C23H23BrN6O2. The molecule has 0 amide bonds. The number of nitrogens with zero attached hydrogens (tertiary/aromatic N) is 5. The number of pyridine rings is 2. The number of aromatic nitrogens is 5. The summed E-state index contributed by atoms with van der Waals surface area (Å²) in [6.45, 7) is -0.250. The fourth-order valence-electron chi connectivity index (χ4n) is 4.11. The normalized spacial score (nSPS) is 14.0. The lowest BCUT2D eigenvalue weighted by Gasteiger charge is -2.22. The summed E-state index contributed by atoms with van der Waals surface area (Å²) in [5.74, 6) is 1.04. The second-order valence-corrected chi connectivity index (χ2v) is 8.39. The average Bonchev–Trinajstić information content (AvgIpc) is 3.27. The summed E-state index contributed by atoms with van der Waals surface area (Å²) in [5, 5.41) is 11.4. The molecule has 1 aliphatic carbocycles. The predicted octanol–water partition coefficient (Wildman–Crippen LogP) is 4.95. The molecule has 0 aliphatic heterocycles. The number of anilines is 1. The SMILES string of the molecule is Nc1c(Br)c(C2CCCCC2)nc2c(-c3ccc(-c4ccncc4)nc3)cnn12.O=CO. The maximum atomic E-state index is 8.36. The molecule has 0 radical (unpaired) electrons. The Labute approximate surface area is 193 Å². The van der Waals surface area contributed by atoms with E-state index in [0.29, 0.717) is 11.7 Å². The highest BCUT2D eigenvalue weighted by atomic mass is 79.9. The summed E-state index contributed by atoms with van der Waals surface area (Å²) in [5.41, 5.74) is 12.1. The first kappa shape index (κ1) is 21.9. The first-order valence-corrected chi connectivity index (χ1v) is 11.2. The molecule has 4 aromatic rings. The summed E-state index contributed by atoms with van der Waals surface area (Å²) in [7, 11) is 0. The molecule has 0 unspecified atom stereocenters. The van der Waals surface area contributed by atoms with Crippen molar-refractivity contribution in [2.45, 2.75) is 38.0 Å². The van der Waals surface area contributed by atoms with E-state index in [1.807, 2.05) is 30.6 Å². The molecule has 4 aromatic heterocycles. The van der Waals surface area contributed by atoms with Gasteiger partial charge in [0.2, 0.25) is 0 Å². The van der Waals surface area contributed by atoms with Crippen LogP contribution in [0, 0.1) is 0 Å². The van der Waals surface area contributed by atoms with Crippen LogP contribution in [0.1, 0.15) is 43.7 Å². The topological polar surface area (TPSA) is 119 Å². The van der Waals surface area contributed by atoms with Gasteiger partial charge in [-0.25, -0.2) is 4.98 Å². The van der Waals surface area contributed by atoms with Crippen LogP contribution in [0.25, 0.3) is 28.0 Å². The van der Waals surface area contributed by atoms with E-state index in [1.54, 1.807) is 16.9 Å². The van der Waals surface area contributed by atoms with Crippen molar-refractivity contribution in [3.63, 3.8) is 0 Å². The van der Waals surface area contributed by atoms with Gasteiger partial charge in [-0.3, -0.25) is 14.8 Å². The molecule has 32 heavy (non-hydrogen) atoms. The minimum Gasteiger partial charge on any atom is -0.483 e. The molecular weight excluding hydrogens is 472 g/mol. The van der Waals surface area contributed by atoms with Crippen LogP contribution in [0.15, 0.2) is 53.5 Å². The van der Waals surface area contributed by atoms with E-state index in [-0.39, 0.29) is 6.47 Å². The Morgan fingerprint density at radius 2 is 1.78 bits per heavy atom. The first-order valence-electron chi connectivity index (χ1n) is 10.4. The number of carboxylic acid groups (broad SMARTS) is 1. The quantitative estimate of drug-likeness (QED) is 0.386. The molecule has 164 valence electrons. The Bertz CT molecular complexity index is 1200. The summed E-state index contributed by atoms with van der Waals surface area (Å²) >= 11 is 3.67. The Morgan fingerprint density at radius 3 is 2.44 bits per heavy atom. The van der Waals surface area contributed by atoms with Gasteiger partial charge in [0.05, 0.1) is 22.1 Å². The van der Waals surface area contributed by atoms with Crippen LogP contribution >= 0.6 is 15.9 Å². The molecule has 1 saturated carbocycles. The Kier molecular flexibility index (Phi) is 6.75. The van der Waals surface area contributed by atoms with E-state index in [9.17, 15) is 0 Å². The van der Waals surface area contributed by atoms with Crippen LogP contribution in [0.5, 0.6) is 0 Å². The van der Waals surface area contributed by atoms with Crippen molar-refractivity contribution < 1.29 is 9.90 Å². The third-order valence-electron chi connectivity index (χ3n) is 5.69. The smallest absolute Gasteiger partial charge is 0.290 e. The minimum absolute atomic E-state index is 0.250. The number of rotatable bonds is 3. The zero-order valence-electron chi connectivity index (χ0n) is 17.4. The highest BCUT2D eigenvalue weighted by Crippen LogP contribution is 2.39. The standard InChI is InChI=1S/C22H21BrN6.CH2O2/c23-19-20(15-4-2-1-3-5-15)28-22-17(13-27-29(22)21(19)24)16-6-7-18(26-12-16)14-8-10-25-11-9-14;2-1-3/h6-13,15H,1-5,24H2;1H,(H,2,3). The third-order valence-corrected chi connectivity index (χ3v) is 6.50. The van der Waals surface area contributed by atoms with Crippen LogP contribution in [0.2, 0.25) is 0 Å². The summed E-state index contributed by atoms with van der Waals surface area (Å²) in [6, 6.07) is 7.97.